The highest BCUT2D eigenvalue weighted by atomic mass is 35.5. The van der Waals surface area contributed by atoms with Gasteiger partial charge in [0, 0.05) is 13.6 Å². The van der Waals surface area contributed by atoms with E-state index in [1.807, 2.05) is 19.2 Å². The van der Waals surface area contributed by atoms with Crippen molar-refractivity contribution in [3.63, 3.8) is 0 Å². The van der Waals surface area contributed by atoms with Crippen molar-refractivity contribution in [1.82, 2.24) is 10.2 Å². The zero-order valence-electron chi connectivity index (χ0n) is 11.9. The Bertz CT molecular complexity index is 499. The second kappa shape index (κ2) is 6.33. The van der Waals surface area contributed by atoms with Crippen LogP contribution in [0.25, 0.3) is 0 Å². The van der Waals surface area contributed by atoms with E-state index in [1.165, 1.54) is 0 Å². The fourth-order valence-electron chi connectivity index (χ4n) is 2.81. The highest BCUT2D eigenvalue weighted by molar-refractivity contribution is 6.42. The van der Waals surface area contributed by atoms with Gasteiger partial charge < -0.3 is 10.2 Å². The van der Waals surface area contributed by atoms with Gasteiger partial charge in [0.15, 0.2) is 0 Å². The van der Waals surface area contributed by atoms with Crippen molar-refractivity contribution in [3.8, 4) is 0 Å². The van der Waals surface area contributed by atoms with Crippen LogP contribution in [0.2, 0.25) is 10.0 Å². The van der Waals surface area contributed by atoms with Crippen LogP contribution in [0.1, 0.15) is 31.7 Å². The number of likely N-dealkylation sites (N-methyl/N-ethyl adjacent to an activating group) is 1. The van der Waals surface area contributed by atoms with Gasteiger partial charge in [-0.2, -0.15) is 0 Å². The van der Waals surface area contributed by atoms with Crippen molar-refractivity contribution in [2.75, 3.05) is 13.6 Å². The lowest BCUT2D eigenvalue weighted by molar-refractivity contribution is -0.137. The minimum absolute atomic E-state index is 0.133. The van der Waals surface area contributed by atoms with Crippen molar-refractivity contribution in [2.24, 2.45) is 0 Å². The van der Waals surface area contributed by atoms with Crippen LogP contribution in [0.4, 0.5) is 0 Å². The molecular weight excluding hydrogens is 295 g/mol. The number of carbonyl (C=O) groups excluding carboxylic acids is 1. The molecule has 3 nitrogen and oxygen atoms in total. The molecule has 1 saturated heterocycles. The lowest BCUT2D eigenvalue weighted by Gasteiger charge is -2.32. The fourth-order valence-corrected chi connectivity index (χ4v) is 3.18. The number of carbonyl (C=O) groups is 1. The second-order valence-electron chi connectivity index (χ2n) is 5.34. The van der Waals surface area contributed by atoms with Crippen LogP contribution in [0, 0.1) is 0 Å². The number of nitrogens with one attached hydrogen (secondary N) is 1. The Hall–Kier alpha value is -0.770. The van der Waals surface area contributed by atoms with Gasteiger partial charge >= 0.3 is 0 Å². The third-order valence-corrected chi connectivity index (χ3v) is 4.90. The minimum Gasteiger partial charge on any atom is -0.340 e. The topological polar surface area (TPSA) is 32.3 Å². The maximum atomic E-state index is 12.7. The van der Waals surface area contributed by atoms with Crippen molar-refractivity contribution in [2.45, 2.75) is 38.3 Å². The molecule has 1 heterocycles. The van der Waals surface area contributed by atoms with Gasteiger partial charge in [0.25, 0.3) is 0 Å². The number of nitrogens with zero attached hydrogens (tertiary/aromatic N) is 1. The first-order valence-electron chi connectivity index (χ1n) is 6.93. The van der Waals surface area contributed by atoms with Gasteiger partial charge in [0.1, 0.15) is 0 Å². The van der Waals surface area contributed by atoms with Crippen LogP contribution in [-0.4, -0.2) is 29.9 Å². The Morgan fingerprint density at radius 3 is 2.80 bits per heavy atom. The molecule has 110 valence electrons. The summed E-state index contributed by atoms with van der Waals surface area (Å²) in [5.41, 5.74) is 0.471. The molecule has 0 saturated carbocycles. The molecule has 0 spiro atoms. The van der Waals surface area contributed by atoms with E-state index >= 15 is 0 Å². The predicted molar refractivity (Wildman–Crippen MR) is 83.2 cm³/mol. The summed E-state index contributed by atoms with van der Waals surface area (Å²) in [6.45, 7) is 3.43. The molecule has 1 aromatic rings. The van der Waals surface area contributed by atoms with Crippen LogP contribution in [0.3, 0.4) is 0 Å². The summed E-state index contributed by atoms with van der Waals surface area (Å²) in [6, 6.07) is 5.51. The van der Waals surface area contributed by atoms with Gasteiger partial charge in [-0.3, -0.25) is 4.79 Å². The molecule has 1 aromatic carbocycles. The van der Waals surface area contributed by atoms with Crippen molar-refractivity contribution in [3.05, 3.63) is 33.8 Å². The molecule has 1 aliphatic heterocycles. The van der Waals surface area contributed by atoms with E-state index in [9.17, 15) is 4.79 Å². The third kappa shape index (κ3) is 2.95. The molecule has 1 aliphatic rings. The molecular formula is C15H20Cl2N2O. The third-order valence-electron chi connectivity index (χ3n) is 4.04. The van der Waals surface area contributed by atoms with Gasteiger partial charge in [-0.05, 0) is 37.4 Å². The summed E-state index contributed by atoms with van der Waals surface area (Å²) in [6.07, 6.45) is 2.75. The minimum atomic E-state index is -0.403. The molecule has 1 amide bonds. The van der Waals surface area contributed by atoms with Gasteiger partial charge in [-0.15, -0.1) is 0 Å². The Morgan fingerprint density at radius 2 is 2.20 bits per heavy atom. The molecule has 1 N–H and O–H groups in total. The Kier molecular flexibility index (Phi) is 4.95. The molecule has 0 radical (unpaired) electrons. The van der Waals surface area contributed by atoms with Gasteiger partial charge in [-0.25, -0.2) is 0 Å². The first kappa shape index (κ1) is 15.6. The number of halogens is 2. The summed E-state index contributed by atoms with van der Waals surface area (Å²) >= 11 is 12.2. The van der Waals surface area contributed by atoms with E-state index in [-0.39, 0.29) is 5.91 Å². The normalized spacial score (nSPS) is 22.0. The molecule has 2 rings (SSSR count). The molecule has 0 aliphatic carbocycles. The standard InChI is InChI=1S/C15H20Cl2N2O/c1-3-15(8-5-9-18-15)14(20)19(2)10-11-6-4-7-12(16)13(11)17/h4,6-7,18H,3,5,8-10H2,1-2H3. The zero-order valence-corrected chi connectivity index (χ0v) is 13.4. The SMILES string of the molecule is CCC1(C(=O)N(C)Cc2cccc(Cl)c2Cl)CCCN1. The van der Waals surface area contributed by atoms with Crippen molar-refractivity contribution in [1.29, 1.82) is 0 Å². The molecule has 0 aromatic heterocycles. The Labute approximate surface area is 130 Å². The average Bonchev–Trinajstić information content (AvgIpc) is 2.93. The Morgan fingerprint density at radius 1 is 1.45 bits per heavy atom. The van der Waals surface area contributed by atoms with Crippen molar-refractivity contribution >= 4 is 29.1 Å². The van der Waals surface area contributed by atoms with E-state index < -0.39 is 5.54 Å². The summed E-state index contributed by atoms with van der Waals surface area (Å²) in [4.78, 5) is 14.4. The number of hydrogen-bond acceptors (Lipinski definition) is 2. The van der Waals surface area contributed by atoms with Gasteiger partial charge in [-0.1, -0.05) is 42.3 Å². The van der Waals surface area contributed by atoms with Crippen LogP contribution >= 0.6 is 23.2 Å². The molecule has 5 heteroatoms. The molecule has 1 fully saturated rings. The Balaban J connectivity index is 2.13. The van der Waals surface area contributed by atoms with E-state index in [1.54, 1.807) is 11.0 Å². The number of hydrogen-bond donors (Lipinski definition) is 1. The van der Waals surface area contributed by atoms with Gasteiger partial charge in [0.05, 0.1) is 15.6 Å². The summed E-state index contributed by atoms with van der Waals surface area (Å²) in [7, 11) is 1.82. The summed E-state index contributed by atoms with van der Waals surface area (Å²) in [5, 5.41) is 4.41. The number of amides is 1. The first-order chi connectivity index (χ1) is 9.50. The second-order valence-corrected chi connectivity index (χ2v) is 6.13. The van der Waals surface area contributed by atoms with E-state index in [2.05, 4.69) is 12.2 Å². The predicted octanol–water partition coefficient (Wildman–Crippen LogP) is 3.48. The molecule has 1 unspecified atom stereocenters. The number of rotatable bonds is 4. The van der Waals surface area contributed by atoms with Gasteiger partial charge in [0.2, 0.25) is 5.91 Å². The van der Waals surface area contributed by atoms with Crippen LogP contribution in [-0.2, 0) is 11.3 Å². The summed E-state index contributed by atoms with van der Waals surface area (Å²) in [5.74, 6) is 0.133. The fraction of sp³-hybridized carbons (Fsp3) is 0.533. The zero-order chi connectivity index (χ0) is 14.8. The lowest BCUT2D eigenvalue weighted by atomic mass is 9.92. The van der Waals surface area contributed by atoms with E-state index in [4.69, 9.17) is 23.2 Å². The largest absolute Gasteiger partial charge is 0.340 e. The molecule has 20 heavy (non-hydrogen) atoms. The first-order valence-corrected chi connectivity index (χ1v) is 7.69. The lowest BCUT2D eigenvalue weighted by Crippen LogP contribution is -2.53. The quantitative estimate of drug-likeness (QED) is 0.922. The maximum Gasteiger partial charge on any atom is 0.242 e. The highest BCUT2D eigenvalue weighted by Crippen LogP contribution is 2.29. The van der Waals surface area contributed by atoms with E-state index in [0.29, 0.717) is 16.6 Å². The smallest absolute Gasteiger partial charge is 0.242 e. The van der Waals surface area contributed by atoms with Crippen LogP contribution in [0.15, 0.2) is 18.2 Å². The van der Waals surface area contributed by atoms with Crippen LogP contribution in [0.5, 0.6) is 0 Å². The monoisotopic (exact) mass is 314 g/mol. The molecule has 0 bridgehead atoms. The maximum absolute atomic E-state index is 12.7. The van der Waals surface area contributed by atoms with E-state index in [0.717, 1.165) is 31.4 Å². The molecule has 1 atom stereocenters. The number of benzene rings is 1. The van der Waals surface area contributed by atoms with Crippen molar-refractivity contribution < 1.29 is 4.79 Å². The average molecular weight is 315 g/mol. The highest BCUT2D eigenvalue weighted by Gasteiger charge is 2.40. The van der Waals surface area contributed by atoms with Crippen LogP contribution < -0.4 is 5.32 Å². The summed E-state index contributed by atoms with van der Waals surface area (Å²) < 4.78 is 0.